The number of carbonyl (C=O) groups excluding carboxylic acids is 1. The Bertz CT molecular complexity index is 1750. The second-order valence-electron chi connectivity index (χ2n) is 9.92. The van der Waals surface area contributed by atoms with Crippen molar-refractivity contribution in [1.29, 1.82) is 0 Å². The van der Waals surface area contributed by atoms with Crippen LogP contribution < -0.4 is 5.32 Å². The van der Waals surface area contributed by atoms with Crippen molar-refractivity contribution in [3.8, 4) is 22.5 Å². The van der Waals surface area contributed by atoms with E-state index in [2.05, 4.69) is 20.4 Å². The SMILES string of the molecule is Cc1noc(-c2ccc(-c3ccc(C4(C(=O)O)CC4)cc3)c3[nH]cnc23)c1NC(=O)OC(C)c1ccccc1Cl. The molecule has 1 aliphatic rings. The maximum Gasteiger partial charge on any atom is 0.412 e. The summed E-state index contributed by atoms with van der Waals surface area (Å²) in [6.45, 7) is 3.47. The lowest BCUT2D eigenvalue weighted by Gasteiger charge is -2.15. The van der Waals surface area contributed by atoms with Gasteiger partial charge < -0.3 is 19.4 Å². The van der Waals surface area contributed by atoms with Gasteiger partial charge in [0, 0.05) is 16.1 Å². The molecule has 1 saturated carbocycles. The molecule has 3 N–H and O–H groups in total. The van der Waals surface area contributed by atoms with Gasteiger partial charge in [0.2, 0.25) is 0 Å². The van der Waals surface area contributed by atoms with Crippen LogP contribution in [0.4, 0.5) is 10.5 Å². The first-order valence-corrected chi connectivity index (χ1v) is 13.2. The van der Waals surface area contributed by atoms with Crippen molar-refractivity contribution in [2.75, 3.05) is 5.32 Å². The first-order valence-electron chi connectivity index (χ1n) is 12.8. The summed E-state index contributed by atoms with van der Waals surface area (Å²) in [4.78, 5) is 32.3. The third-order valence-electron chi connectivity index (χ3n) is 7.45. The van der Waals surface area contributed by atoms with Crippen LogP contribution >= 0.6 is 11.6 Å². The van der Waals surface area contributed by atoms with Crippen molar-refractivity contribution < 1.29 is 24.0 Å². The van der Waals surface area contributed by atoms with Crippen LogP contribution in [0, 0.1) is 6.92 Å². The predicted octanol–water partition coefficient (Wildman–Crippen LogP) is 7.27. The van der Waals surface area contributed by atoms with E-state index in [-0.39, 0.29) is 0 Å². The number of nitrogens with zero attached hydrogens (tertiary/aromatic N) is 2. The van der Waals surface area contributed by atoms with Crippen LogP contribution in [0.3, 0.4) is 0 Å². The summed E-state index contributed by atoms with van der Waals surface area (Å²) in [6, 6.07) is 18.6. The number of amides is 1. The van der Waals surface area contributed by atoms with E-state index >= 15 is 0 Å². The Morgan fingerprint density at radius 1 is 1.10 bits per heavy atom. The molecule has 9 nitrogen and oxygen atoms in total. The number of aromatic amines is 1. The van der Waals surface area contributed by atoms with Crippen LogP contribution in [-0.2, 0) is 14.9 Å². The van der Waals surface area contributed by atoms with Crippen molar-refractivity contribution in [3.63, 3.8) is 0 Å². The smallest absolute Gasteiger partial charge is 0.412 e. The highest BCUT2D eigenvalue weighted by atomic mass is 35.5. The van der Waals surface area contributed by atoms with E-state index in [1.54, 1.807) is 32.3 Å². The number of ether oxygens (including phenoxy) is 1. The second kappa shape index (κ2) is 9.84. The molecule has 10 heteroatoms. The molecule has 0 aliphatic heterocycles. The van der Waals surface area contributed by atoms with Gasteiger partial charge in [0.05, 0.1) is 22.8 Å². The number of H-pyrrole nitrogens is 1. The zero-order valence-corrected chi connectivity index (χ0v) is 22.5. The number of halogens is 1. The minimum absolute atomic E-state index is 0.343. The summed E-state index contributed by atoms with van der Waals surface area (Å²) >= 11 is 6.25. The summed E-state index contributed by atoms with van der Waals surface area (Å²) in [5.41, 5.74) is 5.43. The zero-order chi connectivity index (χ0) is 28.0. The third kappa shape index (κ3) is 4.38. The fourth-order valence-electron chi connectivity index (χ4n) is 5.04. The molecule has 40 heavy (non-hydrogen) atoms. The normalized spacial score (nSPS) is 14.6. The lowest BCUT2D eigenvalue weighted by atomic mass is 9.93. The number of carbonyl (C=O) groups is 2. The van der Waals surface area contributed by atoms with E-state index in [0.29, 0.717) is 51.6 Å². The van der Waals surface area contributed by atoms with Gasteiger partial charge in [-0.3, -0.25) is 10.1 Å². The van der Waals surface area contributed by atoms with E-state index in [1.807, 2.05) is 48.5 Å². The average molecular weight is 557 g/mol. The number of aryl methyl sites for hydroxylation is 1. The predicted molar refractivity (Wildman–Crippen MR) is 150 cm³/mol. The van der Waals surface area contributed by atoms with Crippen molar-refractivity contribution in [3.05, 3.63) is 88.8 Å². The van der Waals surface area contributed by atoms with Crippen LogP contribution in [0.1, 0.15) is 42.7 Å². The molecule has 0 spiro atoms. The number of aliphatic carboxylic acids is 1. The Hall–Kier alpha value is -4.63. The fraction of sp³-hybridized carbons (Fsp3) is 0.200. The summed E-state index contributed by atoms with van der Waals surface area (Å²) in [7, 11) is 0. The zero-order valence-electron chi connectivity index (χ0n) is 21.7. The van der Waals surface area contributed by atoms with Gasteiger partial charge in [0.1, 0.15) is 23.0 Å². The summed E-state index contributed by atoms with van der Waals surface area (Å²) in [5.74, 6) is -0.439. The van der Waals surface area contributed by atoms with E-state index < -0.39 is 23.6 Å². The van der Waals surface area contributed by atoms with Gasteiger partial charge in [-0.15, -0.1) is 0 Å². The molecule has 0 saturated heterocycles. The molecule has 1 fully saturated rings. The number of rotatable bonds is 7. The highest BCUT2D eigenvalue weighted by molar-refractivity contribution is 6.31. The summed E-state index contributed by atoms with van der Waals surface area (Å²) in [6.07, 6.45) is 1.64. The first-order chi connectivity index (χ1) is 19.3. The second-order valence-corrected chi connectivity index (χ2v) is 10.3. The van der Waals surface area contributed by atoms with Gasteiger partial charge in [-0.2, -0.15) is 0 Å². The quantitative estimate of drug-likeness (QED) is 0.192. The van der Waals surface area contributed by atoms with Crippen molar-refractivity contribution in [2.24, 2.45) is 0 Å². The Morgan fingerprint density at radius 3 is 2.52 bits per heavy atom. The Balaban J connectivity index is 1.28. The maximum absolute atomic E-state index is 12.8. The van der Waals surface area contributed by atoms with Crippen molar-refractivity contribution in [1.82, 2.24) is 15.1 Å². The molecule has 2 heterocycles. The number of hydrogen-bond acceptors (Lipinski definition) is 6. The lowest BCUT2D eigenvalue weighted by molar-refractivity contribution is -0.140. The van der Waals surface area contributed by atoms with Crippen LogP contribution in [0.25, 0.3) is 33.5 Å². The molecule has 202 valence electrons. The number of aromatic nitrogens is 3. The maximum atomic E-state index is 12.8. The van der Waals surface area contributed by atoms with Gasteiger partial charge in [-0.25, -0.2) is 9.78 Å². The molecule has 1 aliphatic carbocycles. The number of carboxylic acid groups (broad SMARTS) is 1. The summed E-state index contributed by atoms with van der Waals surface area (Å²) < 4.78 is 11.2. The molecule has 6 rings (SSSR count). The van der Waals surface area contributed by atoms with E-state index in [1.165, 1.54) is 0 Å². The largest absolute Gasteiger partial charge is 0.481 e. The molecular formula is C30H25ClN4O5. The number of anilines is 1. The molecule has 2 aromatic heterocycles. The van der Waals surface area contributed by atoms with Crippen LogP contribution in [0.15, 0.2) is 71.5 Å². The fourth-order valence-corrected chi connectivity index (χ4v) is 5.33. The molecule has 0 bridgehead atoms. The topological polar surface area (TPSA) is 130 Å². The van der Waals surface area contributed by atoms with E-state index in [4.69, 9.17) is 20.9 Å². The number of carboxylic acids is 1. The Morgan fingerprint density at radius 2 is 1.82 bits per heavy atom. The van der Waals surface area contributed by atoms with E-state index in [0.717, 1.165) is 22.2 Å². The molecule has 5 aromatic rings. The standard InChI is InChI=1S/C30H25ClN4O5/c1-16-24(34-29(38)39-17(2)20-5-3-4-6-23(20)31)27(40-35-16)22-12-11-21(25-26(22)33-15-32-25)18-7-9-19(10-8-18)30(13-14-30)28(36)37/h3-12,15,17H,13-14H2,1-2H3,(H,32,33)(H,34,38)(H,36,37). The molecule has 3 aromatic carbocycles. The Kier molecular flexibility index (Phi) is 6.31. The molecule has 1 unspecified atom stereocenters. The van der Waals surface area contributed by atoms with Crippen LogP contribution in [0.2, 0.25) is 5.02 Å². The molecular weight excluding hydrogens is 532 g/mol. The van der Waals surface area contributed by atoms with Crippen LogP contribution in [-0.4, -0.2) is 32.3 Å². The van der Waals surface area contributed by atoms with Crippen molar-refractivity contribution >= 4 is 40.4 Å². The Labute approximate surface area is 234 Å². The lowest BCUT2D eigenvalue weighted by Crippen LogP contribution is -2.19. The third-order valence-corrected chi connectivity index (χ3v) is 7.79. The van der Waals surface area contributed by atoms with Crippen LogP contribution in [0.5, 0.6) is 0 Å². The van der Waals surface area contributed by atoms with Gasteiger partial charge in [0.25, 0.3) is 0 Å². The summed E-state index contributed by atoms with van der Waals surface area (Å²) in [5, 5.41) is 17.0. The van der Waals surface area contributed by atoms with Gasteiger partial charge in [0.15, 0.2) is 5.76 Å². The number of hydrogen-bond donors (Lipinski definition) is 3. The number of nitrogens with one attached hydrogen (secondary N) is 2. The molecule has 1 atom stereocenters. The van der Waals surface area contributed by atoms with Gasteiger partial charge >= 0.3 is 12.1 Å². The minimum atomic E-state index is -0.783. The molecule has 1 amide bonds. The minimum Gasteiger partial charge on any atom is -0.481 e. The monoisotopic (exact) mass is 556 g/mol. The number of imidazole rings is 1. The first kappa shape index (κ1) is 25.6. The van der Waals surface area contributed by atoms with Crippen molar-refractivity contribution in [2.45, 2.75) is 38.2 Å². The number of fused-ring (bicyclic) bond motifs is 1. The van der Waals surface area contributed by atoms with Gasteiger partial charge in [-0.1, -0.05) is 65.3 Å². The van der Waals surface area contributed by atoms with Gasteiger partial charge in [-0.05, 0) is 49.9 Å². The molecule has 0 radical (unpaired) electrons. The highest BCUT2D eigenvalue weighted by Crippen LogP contribution is 2.49. The van der Waals surface area contributed by atoms with E-state index in [9.17, 15) is 14.7 Å². The number of benzene rings is 3. The highest BCUT2D eigenvalue weighted by Gasteiger charge is 2.51. The average Bonchev–Trinajstić information content (AvgIpc) is 3.49.